The lowest BCUT2D eigenvalue weighted by Crippen LogP contribution is -2.31. The summed E-state index contributed by atoms with van der Waals surface area (Å²) in [5, 5.41) is 22.5. The van der Waals surface area contributed by atoms with Gasteiger partial charge in [0.15, 0.2) is 0 Å². The molecule has 2 unspecified atom stereocenters. The van der Waals surface area contributed by atoms with E-state index in [4.69, 9.17) is 15.2 Å². The first-order valence-corrected chi connectivity index (χ1v) is 20.5. The summed E-state index contributed by atoms with van der Waals surface area (Å²) in [7, 11) is 7.34. The van der Waals surface area contributed by atoms with Gasteiger partial charge in [-0.2, -0.15) is 10.2 Å². The van der Waals surface area contributed by atoms with Crippen LogP contribution in [-0.2, 0) is 0 Å². The summed E-state index contributed by atoms with van der Waals surface area (Å²) in [4.78, 5) is 28.3. The first-order valence-electron chi connectivity index (χ1n) is 20.5. The molecule has 12 heteroatoms. The molecule has 0 bridgehead atoms. The number of aromatic nitrogens is 4. The molecule has 0 aliphatic rings. The van der Waals surface area contributed by atoms with Gasteiger partial charge >= 0.3 is 0 Å². The first kappa shape index (κ1) is 42.8. The summed E-state index contributed by atoms with van der Waals surface area (Å²) < 4.78 is 10.7. The van der Waals surface area contributed by atoms with Gasteiger partial charge in [-0.3, -0.25) is 19.8 Å². The smallest absolute Gasteiger partial charge is 0.251 e. The van der Waals surface area contributed by atoms with Gasteiger partial charge in [0.05, 0.1) is 49.7 Å². The Kier molecular flexibility index (Phi) is 14.0. The van der Waals surface area contributed by atoms with Crippen LogP contribution < -0.4 is 25.8 Å². The van der Waals surface area contributed by atoms with Crippen LogP contribution in [0.25, 0.3) is 44.1 Å². The number of nitrogens with two attached hydrogens (primary N) is 1. The number of hydrogen-bond acceptors (Lipinski definition) is 8. The van der Waals surface area contributed by atoms with Crippen molar-refractivity contribution in [3.63, 3.8) is 0 Å². The Hall–Kier alpha value is -7.28. The molecule has 12 nitrogen and oxygen atoms in total. The van der Waals surface area contributed by atoms with E-state index in [1.54, 1.807) is 26.6 Å². The number of hydrogen-bond donors (Lipinski definition) is 5. The van der Waals surface area contributed by atoms with Gasteiger partial charge in [-0.15, -0.1) is 0 Å². The van der Waals surface area contributed by atoms with Gasteiger partial charge in [-0.1, -0.05) is 60.7 Å². The van der Waals surface area contributed by atoms with Crippen molar-refractivity contribution in [1.29, 1.82) is 0 Å². The molecule has 2 atom stereocenters. The second kappa shape index (κ2) is 20.3. The second-order valence-corrected chi connectivity index (χ2v) is 15.3. The molecule has 316 valence electrons. The van der Waals surface area contributed by atoms with E-state index in [1.807, 2.05) is 135 Å². The topological polar surface area (TPSA) is 163 Å². The maximum absolute atomic E-state index is 13.2. The molecule has 2 amide bonds. The molecule has 0 saturated heterocycles. The molecule has 0 radical (unpaired) electrons. The highest BCUT2D eigenvalue weighted by Gasteiger charge is 2.19. The predicted octanol–water partition coefficient (Wildman–Crippen LogP) is 8.72. The number of carbonyl (C=O) groups is 2. The molecular formula is C50H52N8O4. The minimum absolute atomic E-state index is 0.0946. The van der Waals surface area contributed by atoms with Crippen LogP contribution in [0.15, 0.2) is 146 Å². The summed E-state index contributed by atoms with van der Waals surface area (Å²) in [6.07, 6.45) is 5.03. The summed E-state index contributed by atoms with van der Waals surface area (Å²) >= 11 is 0. The van der Waals surface area contributed by atoms with Crippen LogP contribution in [0.1, 0.15) is 56.8 Å². The fourth-order valence-corrected chi connectivity index (χ4v) is 7.32. The summed E-state index contributed by atoms with van der Waals surface area (Å²) in [5.74, 6) is 1.30. The van der Waals surface area contributed by atoms with Crippen LogP contribution in [0.2, 0.25) is 0 Å². The summed E-state index contributed by atoms with van der Waals surface area (Å²) in [5.41, 5.74) is 15.0. The molecule has 0 fully saturated rings. The number of nitrogens with zero attached hydrogens (tertiary/aromatic N) is 3. The molecule has 8 rings (SSSR count). The number of aromatic amines is 2. The zero-order chi connectivity index (χ0) is 43.4. The van der Waals surface area contributed by atoms with Gasteiger partial charge in [-0.05, 0) is 146 Å². The van der Waals surface area contributed by atoms with Crippen molar-refractivity contribution in [1.82, 2.24) is 35.9 Å². The normalized spacial score (nSPS) is 12.0. The molecule has 0 aliphatic carbocycles. The van der Waals surface area contributed by atoms with E-state index in [9.17, 15) is 9.59 Å². The number of carbonyl (C=O) groups excluding carboxylic acids is 2. The third-order valence-corrected chi connectivity index (χ3v) is 10.7. The van der Waals surface area contributed by atoms with Crippen molar-refractivity contribution in [2.75, 3.05) is 41.4 Å². The maximum Gasteiger partial charge on any atom is 0.251 e. The van der Waals surface area contributed by atoms with Crippen LogP contribution in [-0.4, -0.2) is 78.5 Å². The Morgan fingerprint density at radius 1 is 0.597 bits per heavy atom. The van der Waals surface area contributed by atoms with Crippen molar-refractivity contribution >= 4 is 33.6 Å². The monoisotopic (exact) mass is 828 g/mol. The minimum atomic E-state index is -0.191. The fourth-order valence-electron chi connectivity index (χ4n) is 7.32. The number of nitrogens with one attached hydrogen (secondary N) is 4. The maximum atomic E-state index is 13.2. The summed E-state index contributed by atoms with van der Waals surface area (Å²) in [6, 6.07) is 42.8. The van der Waals surface area contributed by atoms with E-state index in [1.165, 1.54) is 0 Å². The van der Waals surface area contributed by atoms with Gasteiger partial charge in [-0.25, -0.2) is 0 Å². The van der Waals surface area contributed by atoms with Crippen LogP contribution in [0.3, 0.4) is 0 Å². The van der Waals surface area contributed by atoms with Crippen molar-refractivity contribution in [3.05, 3.63) is 168 Å². The van der Waals surface area contributed by atoms with E-state index in [-0.39, 0.29) is 23.9 Å². The average molecular weight is 829 g/mol. The number of ether oxygens (including phenoxy) is 2. The predicted molar refractivity (Wildman–Crippen MR) is 246 cm³/mol. The van der Waals surface area contributed by atoms with Crippen LogP contribution >= 0.6 is 0 Å². The van der Waals surface area contributed by atoms with E-state index >= 15 is 0 Å². The number of rotatable bonds is 15. The van der Waals surface area contributed by atoms with Gasteiger partial charge in [0.2, 0.25) is 0 Å². The van der Waals surface area contributed by atoms with Gasteiger partial charge in [0.1, 0.15) is 11.5 Å². The molecule has 0 aliphatic heterocycles. The van der Waals surface area contributed by atoms with Crippen LogP contribution in [0, 0.1) is 0 Å². The second-order valence-electron chi connectivity index (χ2n) is 15.3. The average Bonchev–Trinajstić information content (AvgIpc) is 4.00. The van der Waals surface area contributed by atoms with E-state index in [0.29, 0.717) is 24.1 Å². The highest BCUT2D eigenvalue weighted by molar-refractivity contribution is 5.97. The number of amides is 2. The molecule has 0 spiro atoms. The molecule has 2 heterocycles. The lowest BCUT2D eigenvalue weighted by Gasteiger charge is -2.22. The molecule has 0 saturated carbocycles. The van der Waals surface area contributed by atoms with E-state index < -0.39 is 0 Å². The number of benzene rings is 6. The van der Waals surface area contributed by atoms with E-state index in [2.05, 4.69) is 48.1 Å². The van der Waals surface area contributed by atoms with Crippen molar-refractivity contribution < 1.29 is 19.1 Å². The Morgan fingerprint density at radius 3 is 1.50 bits per heavy atom. The molecule has 62 heavy (non-hydrogen) atoms. The van der Waals surface area contributed by atoms with Crippen molar-refractivity contribution in [2.45, 2.75) is 24.9 Å². The first-order chi connectivity index (χ1) is 30.2. The number of methoxy groups -OCH3 is 2. The molecule has 8 aromatic rings. The molecular weight excluding hydrogens is 777 g/mol. The van der Waals surface area contributed by atoms with Crippen molar-refractivity contribution in [2.24, 2.45) is 5.73 Å². The largest absolute Gasteiger partial charge is 0.497 e. The number of H-pyrrole nitrogens is 2. The van der Waals surface area contributed by atoms with Crippen molar-refractivity contribution in [3.8, 4) is 33.8 Å². The van der Waals surface area contributed by atoms with Gasteiger partial charge < -0.3 is 30.7 Å². The minimum Gasteiger partial charge on any atom is -0.497 e. The quantitative estimate of drug-likeness (QED) is 0.0685. The number of fused-ring (bicyclic) bond motifs is 2. The SMILES string of the molecule is COc1cccc(C(CCN(C)C)NC(=O)c2cccc(-c3ccc4[nH]ncc4c3)c2)c1.COc1cccc(C(CCN)NC(=O)c2cccc(-c3ccc4[nH]ncc4c3)c2)c1. The Labute approximate surface area is 361 Å². The molecule has 2 aromatic heterocycles. The summed E-state index contributed by atoms with van der Waals surface area (Å²) in [6.45, 7) is 1.32. The Bertz CT molecular complexity index is 2760. The van der Waals surface area contributed by atoms with Crippen LogP contribution in [0.5, 0.6) is 11.5 Å². The third kappa shape index (κ3) is 10.7. The lowest BCUT2D eigenvalue weighted by atomic mass is 10.00. The van der Waals surface area contributed by atoms with Gasteiger partial charge in [0, 0.05) is 21.9 Å². The zero-order valence-electron chi connectivity index (χ0n) is 35.4. The van der Waals surface area contributed by atoms with E-state index in [0.717, 1.165) is 79.7 Å². The third-order valence-electron chi connectivity index (χ3n) is 10.7. The fraction of sp³-hybridized carbons (Fsp3) is 0.200. The highest BCUT2D eigenvalue weighted by atomic mass is 16.5. The Morgan fingerprint density at radius 2 is 1.05 bits per heavy atom. The van der Waals surface area contributed by atoms with Crippen LogP contribution in [0.4, 0.5) is 0 Å². The standard InChI is InChI=1S/C26H28N4O2.C24H24N4O2/c1-30(2)13-12-24(20-7-5-9-23(16-20)32-3)28-26(31)21-8-4-6-18(14-21)19-10-11-25-22(15-19)17-27-29-25;1-30-21-7-3-5-18(14-21)22(10-11-25)27-24(29)19-6-2-4-16(12-19)17-8-9-23-20(13-17)15-26-28-23/h4-11,14-17,24H,12-13H2,1-3H3,(H,27,29)(H,28,31);2-9,12-15,22H,10-11,25H2,1H3,(H,26,28)(H,27,29). The molecule has 6 N–H and O–H groups in total. The lowest BCUT2D eigenvalue weighted by molar-refractivity contribution is 0.0925. The molecule has 6 aromatic carbocycles. The highest BCUT2D eigenvalue weighted by Crippen LogP contribution is 2.28. The zero-order valence-corrected chi connectivity index (χ0v) is 35.4. The van der Waals surface area contributed by atoms with Gasteiger partial charge in [0.25, 0.3) is 11.8 Å². The Balaban J connectivity index is 0.000000187.